The Labute approximate surface area is 123 Å². The van der Waals surface area contributed by atoms with Gasteiger partial charge in [-0.05, 0) is 43.5 Å². The van der Waals surface area contributed by atoms with Gasteiger partial charge >= 0.3 is 0 Å². The molecule has 0 fully saturated rings. The number of ether oxygens (including phenoxy) is 2. The molecular weight excluding hydrogens is 250 g/mol. The van der Waals surface area contributed by atoms with Gasteiger partial charge in [0.05, 0.1) is 13.2 Å². The van der Waals surface area contributed by atoms with Crippen LogP contribution in [-0.2, 0) is 6.54 Å². The molecule has 0 spiro atoms. The van der Waals surface area contributed by atoms with Crippen LogP contribution in [0.15, 0.2) is 30.9 Å². The van der Waals surface area contributed by atoms with Crippen molar-refractivity contribution in [3.05, 3.63) is 36.4 Å². The summed E-state index contributed by atoms with van der Waals surface area (Å²) in [6.45, 7) is 13.2. The molecule has 1 aromatic rings. The summed E-state index contributed by atoms with van der Waals surface area (Å²) in [7, 11) is 0. The van der Waals surface area contributed by atoms with E-state index in [1.807, 2.05) is 19.1 Å². The third-order valence-electron chi connectivity index (χ3n) is 2.77. The van der Waals surface area contributed by atoms with Gasteiger partial charge in [-0.15, -0.1) is 6.58 Å². The van der Waals surface area contributed by atoms with Gasteiger partial charge in [-0.2, -0.15) is 0 Å². The molecule has 1 N–H and O–H groups in total. The minimum absolute atomic E-state index is 0.633. The van der Waals surface area contributed by atoms with E-state index in [0.717, 1.165) is 31.0 Å². The average Bonchev–Trinajstić information content (AvgIpc) is 2.41. The van der Waals surface area contributed by atoms with Gasteiger partial charge in [-0.1, -0.05) is 26.0 Å². The first-order chi connectivity index (χ1) is 9.67. The Morgan fingerprint density at radius 1 is 1.25 bits per heavy atom. The molecule has 0 aliphatic heterocycles. The maximum atomic E-state index is 5.71. The molecule has 0 saturated heterocycles. The molecule has 0 aliphatic carbocycles. The lowest BCUT2D eigenvalue weighted by Crippen LogP contribution is -2.19. The monoisotopic (exact) mass is 277 g/mol. The van der Waals surface area contributed by atoms with Crippen LogP contribution in [-0.4, -0.2) is 19.8 Å². The summed E-state index contributed by atoms with van der Waals surface area (Å²) in [5, 5.41) is 3.43. The highest BCUT2D eigenvalue weighted by Crippen LogP contribution is 2.28. The molecule has 0 unspecified atom stereocenters. The van der Waals surface area contributed by atoms with E-state index in [9.17, 15) is 0 Å². The molecule has 0 atom stereocenters. The van der Waals surface area contributed by atoms with Gasteiger partial charge < -0.3 is 14.8 Å². The molecule has 3 nitrogen and oxygen atoms in total. The minimum atomic E-state index is 0.633. The van der Waals surface area contributed by atoms with E-state index < -0.39 is 0 Å². The van der Waals surface area contributed by atoms with Crippen molar-refractivity contribution in [1.29, 1.82) is 0 Å². The molecule has 112 valence electrons. The highest BCUT2D eigenvalue weighted by molar-refractivity contribution is 5.43. The van der Waals surface area contributed by atoms with Crippen molar-refractivity contribution in [1.82, 2.24) is 5.32 Å². The van der Waals surface area contributed by atoms with E-state index in [2.05, 4.69) is 37.9 Å². The first kappa shape index (κ1) is 16.6. The molecule has 0 aromatic heterocycles. The predicted molar refractivity (Wildman–Crippen MR) is 84.5 cm³/mol. The normalized spacial score (nSPS) is 10.6. The lowest BCUT2D eigenvalue weighted by molar-refractivity contribution is 0.280. The van der Waals surface area contributed by atoms with Gasteiger partial charge in [-0.3, -0.25) is 0 Å². The Morgan fingerprint density at radius 2 is 2.05 bits per heavy atom. The maximum Gasteiger partial charge on any atom is 0.161 e. The summed E-state index contributed by atoms with van der Waals surface area (Å²) in [6, 6.07) is 6.12. The van der Waals surface area contributed by atoms with Crippen molar-refractivity contribution >= 4 is 0 Å². The molecule has 20 heavy (non-hydrogen) atoms. The summed E-state index contributed by atoms with van der Waals surface area (Å²) in [4.78, 5) is 0. The second-order valence-electron chi connectivity index (χ2n) is 5.16. The van der Waals surface area contributed by atoms with Crippen LogP contribution in [0.5, 0.6) is 11.5 Å². The van der Waals surface area contributed by atoms with Gasteiger partial charge in [0.15, 0.2) is 11.5 Å². The second-order valence-corrected chi connectivity index (χ2v) is 5.16. The third-order valence-corrected chi connectivity index (χ3v) is 2.77. The Morgan fingerprint density at radius 3 is 2.70 bits per heavy atom. The predicted octanol–water partition coefficient (Wildman–Crippen LogP) is 3.79. The topological polar surface area (TPSA) is 30.5 Å². The molecule has 0 heterocycles. The van der Waals surface area contributed by atoms with Crippen LogP contribution in [0.4, 0.5) is 0 Å². The van der Waals surface area contributed by atoms with Crippen LogP contribution >= 0.6 is 0 Å². The van der Waals surface area contributed by atoms with E-state index in [4.69, 9.17) is 9.47 Å². The maximum absolute atomic E-state index is 5.71. The lowest BCUT2D eigenvalue weighted by atomic mass is 10.2. The van der Waals surface area contributed by atoms with Crippen molar-refractivity contribution in [2.75, 3.05) is 19.8 Å². The van der Waals surface area contributed by atoms with E-state index in [0.29, 0.717) is 19.1 Å². The van der Waals surface area contributed by atoms with E-state index in [-0.39, 0.29) is 0 Å². The number of benzene rings is 1. The highest BCUT2D eigenvalue weighted by atomic mass is 16.5. The van der Waals surface area contributed by atoms with Crippen molar-refractivity contribution in [2.24, 2.45) is 5.92 Å². The van der Waals surface area contributed by atoms with Gasteiger partial charge in [0, 0.05) is 6.54 Å². The summed E-state index contributed by atoms with van der Waals surface area (Å²) >= 11 is 0. The van der Waals surface area contributed by atoms with Gasteiger partial charge in [-0.25, -0.2) is 0 Å². The second kappa shape index (κ2) is 9.43. The van der Waals surface area contributed by atoms with Gasteiger partial charge in [0.2, 0.25) is 0 Å². The largest absolute Gasteiger partial charge is 0.490 e. The van der Waals surface area contributed by atoms with Crippen LogP contribution in [0.25, 0.3) is 0 Å². The van der Waals surface area contributed by atoms with E-state index >= 15 is 0 Å². The highest BCUT2D eigenvalue weighted by Gasteiger charge is 2.06. The molecule has 0 amide bonds. The summed E-state index contributed by atoms with van der Waals surface area (Å²) in [5.41, 5.74) is 1.21. The van der Waals surface area contributed by atoms with Crippen LogP contribution < -0.4 is 14.8 Å². The number of hydrogen-bond donors (Lipinski definition) is 1. The number of rotatable bonds is 10. The molecule has 0 saturated carbocycles. The first-order valence-electron chi connectivity index (χ1n) is 7.37. The van der Waals surface area contributed by atoms with Crippen LogP contribution in [0.1, 0.15) is 32.8 Å². The zero-order valence-corrected chi connectivity index (χ0v) is 12.9. The summed E-state index contributed by atoms with van der Waals surface area (Å²) in [5.74, 6) is 2.28. The molecular formula is C17H27NO2. The molecule has 0 bridgehead atoms. The van der Waals surface area contributed by atoms with Crippen molar-refractivity contribution in [3.8, 4) is 11.5 Å². The quantitative estimate of drug-likeness (QED) is 0.521. The number of nitrogens with one attached hydrogen (secondary N) is 1. The minimum Gasteiger partial charge on any atom is -0.490 e. The molecule has 1 aromatic carbocycles. The smallest absolute Gasteiger partial charge is 0.161 e. The fourth-order valence-electron chi connectivity index (χ4n) is 1.81. The van der Waals surface area contributed by atoms with Crippen molar-refractivity contribution < 1.29 is 9.47 Å². The number of hydrogen-bond acceptors (Lipinski definition) is 3. The van der Waals surface area contributed by atoms with Crippen LogP contribution in [0.3, 0.4) is 0 Å². The average molecular weight is 277 g/mol. The summed E-state index contributed by atoms with van der Waals surface area (Å²) in [6.07, 6.45) is 2.69. The third kappa shape index (κ3) is 6.11. The molecule has 0 radical (unpaired) electrons. The van der Waals surface area contributed by atoms with Crippen LogP contribution in [0, 0.1) is 5.92 Å². The van der Waals surface area contributed by atoms with E-state index in [1.54, 1.807) is 0 Å². The Balaban J connectivity index is 2.64. The van der Waals surface area contributed by atoms with Crippen LogP contribution in [0.2, 0.25) is 0 Å². The fourth-order valence-corrected chi connectivity index (χ4v) is 1.81. The van der Waals surface area contributed by atoms with Gasteiger partial charge in [0.1, 0.15) is 0 Å². The van der Waals surface area contributed by atoms with Crippen molar-refractivity contribution in [2.45, 2.75) is 33.7 Å². The zero-order valence-electron chi connectivity index (χ0n) is 12.9. The Hall–Kier alpha value is -1.48. The standard InChI is InChI=1S/C17H27NO2/c1-5-7-10-20-16-9-8-15(11-17(16)19-6-2)13-18-12-14(3)4/h5,8-9,11,14,18H,1,6-7,10,12-13H2,2-4H3. The SMILES string of the molecule is C=CCCOc1ccc(CNCC(C)C)cc1OCC. The summed E-state index contributed by atoms with van der Waals surface area (Å²) < 4.78 is 11.4. The fraction of sp³-hybridized carbons (Fsp3) is 0.529. The Kier molecular flexibility index (Phi) is 7.81. The zero-order chi connectivity index (χ0) is 14.8. The molecule has 0 aliphatic rings. The van der Waals surface area contributed by atoms with E-state index in [1.165, 1.54) is 5.56 Å². The van der Waals surface area contributed by atoms with Gasteiger partial charge in [0.25, 0.3) is 0 Å². The lowest BCUT2D eigenvalue weighted by Gasteiger charge is -2.14. The Bertz CT molecular complexity index is 402. The molecule has 3 heteroatoms. The molecule has 1 rings (SSSR count). The first-order valence-corrected chi connectivity index (χ1v) is 7.37. The van der Waals surface area contributed by atoms with Crippen molar-refractivity contribution in [3.63, 3.8) is 0 Å².